The summed E-state index contributed by atoms with van der Waals surface area (Å²) in [6, 6.07) is 0.0324. The summed E-state index contributed by atoms with van der Waals surface area (Å²) in [6.07, 6.45) is 2.19. The zero-order valence-electron chi connectivity index (χ0n) is 8.60. The van der Waals surface area contributed by atoms with Crippen LogP contribution < -0.4 is 0 Å². The molecule has 1 aromatic heterocycles. The van der Waals surface area contributed by atoms with Gasteiger partial charge in [-0.15, -0.1) is 0 Å². The molecule has 1 aliphatic rings. The van der Waals surface area contributed by atoms with Crippen LogP contribution in [0.25, 0.3) is 0 Å². The summed E-state index contributed by atoms with van der Waals surface area (Å²) in [5, 5.41) is 9.83. The van der Waals surface area contributed by atoms with Crippen LogP contribution in [0.5, 0.6) is 0 Å². The molecule has 4 heteroatoms. The zero-order valence-corrected chi connectivity index (χ0v) is 8.60. The van der Waals surface area contributed by atoms with Crippen molar-refractivity contribution in [2.24, 2.45) is 0 Å². The van der Waals surface area contributed by atoms with Gasteiger partial charge in [-0.2, -0.15) is 0 Å². The summed E-state index contributed by atoms with van der Waals surface area (Å²) in [5.41, 5.74) is 2.13. The molecule has 0 amide bonds. The Bertz CT molecular complexity index is 322. The van der Waals surface area contributed by atoms with Crippen LogP contribution in [-0.2, 0) is 4.74 Å². The number of imidazole rings is 1. The van der Waals surface area contributed by atoms with Gasteiger partial charge in [-0.05, 0) is 20.3 Å². The minimum atomic E-state index is -0.309. The second-order valence-electron chi connectivity index (χ2n) is 3.82. The molecule has 2 unspecified atom stereocenters. The number of aliphatic hydroxyl groups excluding tert-OH is 1. The van der Waals surface area contributed by atoms with Crippen molar-refractivity contribution in [2.75, 3.05) is 13.2 Å². The fourth-order valence-corrected chi connectivity index (χ4v) is 1.83. The Balaban J connectivity index is 2.24. The minimum absolute atomic E-state index is 0.0324. The molecule has 0 spiro atoms. The number of aryl methyl sites for hydroxylation is 1. The lowest BCUT2D eigenvalue weighted by atomic mass is 10.1. The van der Waals surface area contributed by atoms with E-state index in [4.69, 9.17) is 4.74 Å². The van der Waals surface area contributed by atoms with Gasteiger partial charge in [-0.3, -0.25) is 0 Å². The molecular weight excluding hydrogens is 180 g/mol. The number of aromatic nitrogens is 2. The zero-order chi connectivity index (χ0) is 10.1. The van der Waals surface area contributed by atoms with Crippen molar-refractivity contribution in [1.29, 1.82) is 0 Å². The molecule has 78 valence electrons. The van der Waals surface area contributed by atoms with E-state index in [2.05, 4.69) is 4.98 Å². The van der Waals surface area contributed by atoms with Gasteiger partial charge in [0.1, 0.15) is 0 Å². The molecule has 1 saturated heterocycles. The van der Waals surface area contributed by atoms with Crippen molar-refractivity contribution in [3.05, 3.63) is 17.7 Å². The second kappa shape index (κ2) is 3.71. The maximum atomic E-state index is 9.83. The van der Waals surface area contributed by atoms with E-state index in [0.717, 1.165) is 11.4 Å². The Morgan fingerprint density at radius 3 is 2.93 bits per heavy atom. The van der Waals surface area contributed by atoms with E-state index >= 15 is 0 Å². The van der Waals surface area contributed by atoms with E-state index in [-0.39, 0.29) is 12.1 Å². The van der Waals surface area contributed by atoms with Gasteiger partial charge in [0.25, 0.3) is 0 Å². The average molecular weight is 196 g/mol. The third kappa shape index (κ3) is 1.55. The van der Waals surface area contributed by atoms with Crippen LogP contribution in [0, 0.1) is 13.8 Å². The number of rotatable bonds is 1. The smallest absolute Gasteiger partial charge is 0.0955 e. The highest BCUT2D eigenvalue weighted by molar-refractivity contribution is 5.10. The van der Waals surface area contributed by atoms with Crippen LogP contribution in [0.4, 0.5) is 0 Å². The van der Waals surface area contributed by atoms with Crippen LogP contribution in [0.1, 0.15) is 23.9 Å². The highest BCUT2D eigenvalue weighted by atomic mass is 16.5. The molecule has 0 radical (unpaired) electrons. The van der Waals surface area contributed by atoms with Gasteiger partial charge in [0.15, 0.2) is 0 Å². The number of aliphatic hydroxyl groups is 1. The Hall–Kier alpha value is -0.870. The number of hydrogen-bond donors (Lipinski definition) is 1. The molecule has 4 nitrogen and oxygen atoms in total. The highest BCUT2D eigenvalue weighted by Crippen LogP contribution is 2.22. The SMILES string of the molecule is Cc1ncn(C2COCCC2O)c1C. The fraction of sp³-hybridized carbons (Fsp3) is 0.700. The van der Waals surface area contributed by atoms with E-state index in [1.54, 1.807) is 6.33 Å². The number of ether oxygens (including phenoxy) is 1. The van der Waals surface area contributed by atoms with Crippen LogP contribution in [0.15, 0.2) is 6.33 Å². The average Bonchev–Trinajstić information content (AvgIpc) is 2.49. The Morgan fingerprint density at radius 2 is 2.36 bits per heavy atom. The second-order valence-corrected chi connectivity index (χ2v) is 3.82. The molecule has 1 aliphatic heterocycles. The predicted molar refractivity (Wildman–Crippen MR) is 52.2 cm³/mol. The van der Waals surface area contributed by atoms with Crippen LogP contribution in [-0.4, -0.2) is 34.0 Å². The number of nitrogens with zero attached hydrogens (tertiary/aromatic N) is 2. The lowest BCUT2D eigenvalue weighted by molar-refractivity contribution is -0.0296. The summed E-state index contributed by atoms with van der Waals surface area (Å²) < 4.78 is 7.38. The van der Waals surface area contributed by atoms with Crippen LogP contribution in [0.2, 0.25) is 0 Å². The van der Waals surface area contributed by atoms with Crippen molar-refractivity contribution in [2.45, 2.75) is 32.4 Å². The first kappa shape index (κ1) is 9.68. The molecule has 0 saturated carbocycles. The lowest BCUT2D eigenvalue weighted by Gasteiger charge is -2.29. The van der Waals surface area contributed by atoms with Crippen molar-refractivity contribution in [1.82, 2.24) is 9.55 Å². The van der Waals surface area contributed by atoms with Crippen molar-refractivity contribution in [3.63, 3.8) is 0 Å². The van der Waals surface area contributed by atoms with Crippen molar-refractivity contribution in [3.8, 4) is 0 Å². The van der Waals surface area contributed by atoms with E-state index in [1.807, 2.05) is 18.4 Å². The lowest BCUT2D eigenvalue weighted by Crippen LogP contribution is -2.34. The van der Waals surface area contributed by atoms with Gasteiger partial charge in [0.05, 0.1) is 30.8 Å². The molecule has 14 heavy (non-hydrogen) atoms. The molecule has 1 fully saturated rings. The monoisotopic (exact) mass is 196 g/mol. The van der Waals surface area contributed by atoms with E-state index < -0.39 is 0 Å². The Kier molecular flexibility index (Phi) is 2.56. The third-order valence-corrected chi connectivity index (χ3v) is 2.93. The third-order valence-electron chi connectivity index (χ3n) is 2.93. The molecule has 0 aromatic carbocycles. The predicted octanol–water partition coefficient (Wildman–Crippen LogP) is 0.822. The van der Waals surface area contributed by atoms with Gasteiger partial charge < -0.3 is 14.4 Å². The molecule has 2 atom stereocenters. The molecule has 0 bridgehead atoms. The van der Waals surface area contributed by atoms with Gasteiger partial charge >= 0.3 is 0 Å². The first-order valence-electron chi connectivity index (χ1n) is 4.96. The van der Waals surface area contributed by atoms with Gasteiger partial charge in [-0.1, -0.05) is 0 Å². The standard InChI is InChI=1S/C10H16N2O2/c1-7-8(2)12(6-11-7)9-5-14-4-3-10(9)13/h6,9-10,13H,3-5H2,1-2H3. The van der Waals surface area contributed by atoms with Crippen molar-refractivity contribution >= 4 is 0 Å². The summed E-state index contributed by atoms with van der Waals surface area (Å²) >= 11 is 0. The normalized spacial score (nSPS) is 27.9. The summed E-state index contributed by atoms with van der Waals surface area (Å²) in [5.74, 6) is 0. The molecular formula is C10H16N2O2. The Labute approximate surface area is 83.5 Å². The highest BCUT2D eigenvalue weighted by Gasteiger charge is 2.26. The quantitative estimate of drug-likeness (QED) is 0.723. The van der Waals surface area contributed by atoms with Gasteiger partial charge in [-0.25, -0.2) is 4.98 Å². The largest absolute Gasteiger partial charge is 0.391 e. The topological polar surface area (TPSA) is 47.3 Å². The first-order chi connectivity index (χ1) is 6.70. The summed E-state index contributed by atoms with van der Waals surface area (Å²) in [4.78, 5) is 4.22. The van der Waals surface area contributed by atoms with Crippen molar-refractivity contribution < 1.29 is 9.84 Å². The van der Waals surface area contributed by atoms with E-state index in [0.29, 0.717) is 19.6 Å². The fourth-order valence-electron chi connectivity index (χ4n) is 1.83. The summed E-state index contributed by atoms with van der Waals surface area (Å²) in [6.45, 7) is 5.23. The summed E-state index contributed by atoms with van der Waals surface area (Å²) in [7, 11) is 0. The Morgan fingerprint density at radius 1 is 1.57 bits per heavy atom. The number of hydrogen-bond acceptors (Lipinski definition) is 3. The molecule has 2 heterocycles. The maximum absolute atomic E-state index is 9.83. The van der Waals surface area contributed by atoms with E-state index in [1.165, 1.54) is 0 Å². The molecule has 2 rings (SSSR count). The minimum Gasteiger partial charge on any atom is -0.391 e. The van der Waals surface area contributed by atoms with Crippen LogP contribution >= 0.6 is 0 Å². The maximum Gasteiger partial charge on any atom is 0.0955 e. The first-order valence-corrected chi connectivity index (χ1v) is 4.96. The van der Waals surface area contributed by atoms with Gasteiger partial charge in [0.2, 0.25) is 0 Å². The molecule has 0 aliphatic carbocycles. The molecule has 1 N–H and O–H groups in total. The molecule has 1 aromatic rings. The van der Waals surface area contributed by atoms with Crippen LogP contribution in [0.3, 0.4) is 0 Å². The van der Waals surface area contributed by atoms with E-state index in [9.17, 15) is 5.11 Å². The van der Waals surface area contributed by atoms with Gasteiger partial charge in [0, 0.05) is 12.3 Å².